The zero-order valence-electron chi connectivity index (χ0n) is 23.7. The van der Waals surface area contributed by atoms with Crippen LogP contribution < -0.4 is 10.2 Å². The number of ether oxygens (including phenoxy) is 1. The second kappa shape index (κ2) is 10.9. The lowest BCUT2D eigenvalue weighted by atomic mass is 9.79. The summed E-state index contributed by atoms with van der Waals surface area (Å²) in [4.78, 5) is 14.4. The Labute approximate surface area is 241 Å². The molecule has 6 nitrogen and oxygen atoms in total. The summed E-state index contributed by atoms with van der Waals surface area (Å²) in [7, 11) is -0.398. The maximum atomic E-state index is 6.31. The molecule has 0 bridgehead atoms. The van der Waals surface area contributed by atoms with Crippen LogP contribution in [-0.2, 0) is 9.31 Å². The van der Waals surface area contributed by atoms with Crippen molar-refractivity contribution in [1.29, 1.82) is 0 Å². The molecule has 6 rings (SSSR count). The highest BCUT2D eigenvalue weighted by atomic mass is 16.7. The molecule has 0 saturated carbocycles. The van der Waals surface area contributed by atoms with E-state index in [-0.39, 0.29) is 11.2 Å². The third kappa shape index (κ3) is 5.51. The van der Waals surface area contributed by atoms with E-state index in [0.717, 1.165) is 40.1 Å². The van der Waals surface area contributed by atoms with Crippen LogP contribution in [0.4, 0.5) is 0 Å². The normalized spacial score (nSPS) is 17.9. The molecule has 41 heavy (non-hydrogen) atoms. The van der Waals surface area contributed by atoms with E-state index in [1.165, 1.54) is 0 Å². The molecule has 7 heteroatoms. The lowest BCUT2D eigenvalue weighted by Crippen LogP contribution is -2.44. The summed E-state index contributed by atoms with van der Waals surface area (Å²) in [5.74, 6) is 3.32. The van der Waals surface area contributed by atoms with Gasteiger partial charge in [0.05, 0.1) is 11.2 Å². The molecule has 0 spiro atoms. The number of hydrogen-bond donors (Lipinski definition) is 0. The van der Waals surface area contributed by atoms with Crippen molar-refractivity contribution in [3.63, 3.8) is 0 Å². The maximum absolute atomic E-state index is 6.31. The van der Waals surface area contributed by atoms with E-state index >= 15 is 0 Å². The van der Waals surface area contributed by atoms with Gasteiger partial charge in [0.25, 0.3) is 0 Å². The van der Waals surface area contributed by atoms with Crippen LogP contribution in [0.5, 0.6) is 11.5 Å². The van der Waals surface area contributed by atoms with Gasteiger partial charge in [-0.3, -0.25) is 0 Å². The molecule has 204 valence electrons. The number of nitrogens with zero attached hydrogens (tertiary/aromatic N) is 3. The van der Waals surface area contributed by atoms with Gasteiger partial charge in [0.1, 0.15) is 11.5 Å². The molecule has 1 aliphatic heterocycles. The number of hydrogen-bond acceptors (Lipinski definition) is 6. The van der Waals surface area contributed by atoms with Crippen LogP contribution >= 0.6 is 0 Å². The van der Waals surface area contributed by atoms with Crippen molar-refractivity contribution in [2.45, 2.75) is 45.3 Å². The average molecular weight is 541 g/mol. The fraction of sp³-hybridized carbons (Fsp3) is 0.206. The first-order chi connectivity index (χ1) is 19.8. The molecule has 0 aliphatic carbocycles. The highest BCUT2D eigenvalue weighted by Gasteiger charge is 2.53. The Hall–Kier alpha value is -4.33. The van der Waals surface area contributed by atoms with Gasteiger partial charge in [-0.2, -0.15) is 0 Å². The standard InChI is InChI=1S/C34H32BN3O3/c1-5-34(4)33(2,3)40-35(41-34)27-18-22-29(23-19-27)39-28-20-16-26(17-21-28)32-37-30(24-12-8-6-9-13-24)36-31(38-32)25-14-10-7-11-15-25/h6-23H,5H2,1-4H3. The van der Waals surface area contributed by atoms with E-state index in [2.05, 4.69) is 27.7 Å². The van der Waals surface area contributed by atoms with Crippen molar-refractivity contribution in [2.24, 2.45) is 0 Å². The molecule has 1 atom stereocenters. The van der Waals surface area contributed by atoms with Crippen molar-refractivity contribution in [3.8, 4) is 45.7 Å². The van der Waals surface area contributed by atoms with Gasteiger partial charge in [0.2, 0.25) is 0 Å². The molecule has 0 N–H and O–H groups in total. The summed E-state index contributed by atoms with van der Waals surface area (Å²) >= 11 is 0. The van der Waals surface area contributed by atoms with Gasteiger partial charge in [0, 0.05) is 16.7 Å². The second-order valence-electron chi connectivity index (χ2n) is 10.9. The minimum absolute atomic E-state index is 0.336. The van der Waals surface area contributed by atoms with Crippen LogP contribution in [0.1, 0.15) is 34.1 Å². The smallest absolute Gasteiger partial charge is 0.457 e. The van der Waals surface area contributed by atoms with E-state index in [9.17, 15) is 0 Å². The van der Waals surface area contributed by atoms with Crippen LogP contribution in [0.15, 0.2) is 109 Å². The Morgan fingerprint density at radius 2 is 1.02 bits per heavy atom. The van der Waals surface area contributed by atoms with Crippen LogP contribution in [0, 0.1) is 0 Å². The van der Waals surface area contributed by atoms with Crippen molar-refractivity contribution in [3.05, 3.63) is 109 Å². The van der Waals surface area contributed by atoms with Gasteiger partial charge in [-0.1, -0.05) is 79.7 Å². The van der Waals surface area contributed by atoms with Crippen LogP contribution in [0.25, 0.3) is 34.2 Å². The average Bonchev–Trinajstić information content (AvgIpc) is 3.27. The number of rotatable bonds is 7. The van der Waals surface area contributed by atoms with Crippen molar-refractivity contribution in [1.82, 2.24) is 15.0 Å². The number of aromatic nitrogens is 3. The SMILES string of the molecule is CCC1(C)OB(c2ccc(Oc3ccc(-c4nc(-c5ccccc5)nc(-c5ccccc5)n4)cc3)cc2)OC1(C)C. The zero-order chi connectivity index (χ0) is 28.5. The Morgan fingerprint density at radius 3 is 1.46 bits per heavy atom. The summed E-state index contributed by atoms with van der Waals surface area (Å²) in [6.07, 6.45) is 0.874. The summed E-state index contributed by atoms with van der Waals surface area (Å²) in [5, 5.41) is 0. The Balaban J connectivity index is 1.22. The quantitative estimate of drug-likeness (QED) is 0.201. The highest BCUT2D eigenvalue weighted by molar-refractivity contribution is 6.62. The van der Waals surface area contributed by atoms with Gasteiger partial charge >= 0.3 is 7.12 Å². The fourth-order valence-electron chi connectivity index (χ4n) is 4.88. The monoisotopic (exact) mass is 541 g/mol. The molecule has 1 aliphatic rings. The largest absolute Gasteiger partial charge is 0.494 e. The third-order valence-electron chi connectivity index (χ3n) is 7.92. The molecular formula is C34H32BN3O3. The third-order valence-corrected chi connectivity index (χ3v) is 7.92. The lowest BCUT2D eigenvalue weighted by molar-refractivity contribution is -0.0118. The molecule has 1 aromatic heterocycles. The number of benzene rings is 4. The Bertz CT molecular complexity index is 1570. The molecule has 4 aromatic carbocycles. The molecule has 2 heterocycles. The minimum atomic E-state index is -0.398. The Kier molecular flexibility index (Phi) is 7.16. The first-order valence-electron chi connectivity index (χ1n) is 13.9. The Morgan fingerprint density at radius 1 is 0.585 bits per heavy atom. The van der Waals surface area contributed by atoms with Crippen molar-refractivity contribution < 1.29 is 14.0 Å². The minimum Gasteiger partial charge on any atom is -0.457 e. The van der Waals surface area contributed by atoms with Crippen LogP contribution in [-0.4, -0.2) is 33.3 Å². The van der Waals surface area contributed by atoms with E-state index < -0.39 is 7.12 Å². The predicted octanol–water partition coefficient (Wildman–Crippen LogP) is 7.35. The molecule has 1 fully saturated rings. The molecule has 0 amide bonds. The van der Waals surface area contributed by atoms with Crippen molar-refractivity contribution in [2.75, 3.05) is 0 Å². The lowest BCUT2D eigenvalue weighted by Gasteiger charge is -2.35. The van der Waals surface area contributed by atoms with Gasteiger partial charge in [-0.15, -0.1) is 0 Å². The van der Waals surface area contributed by atoms with E-state index in [1.807, 2.05) is 109 Å². The van der Waals surface area contributed by atoms with E-state index in [0.29, 0.717) is 17.5 Å². The van der Waals surface area contributed by atoms with Crippen LogP contribution in [0.3, 0.4) is 0 Å². The predicted molar refractivity (Wildman–Crippen MR) is 163 cm³/mol. The first kappa shape index (κ1) is 26.9. The summed E-state index contributed by atoms with van der Waals surface area (Å²) in [6.45, 7) is 8.40. The summed E-state index contributed by atoms with van der Waals surface area (Å²) < 4.78 is 18.7. The topological polar surface area (TPSA) is 66.4 Å². The van der Waals surface area contributed by atoms with Gasteiger partial charge in [0.15, 0.2) is 17.5 Å². The maximum Gasteiger partial charge on any atom is 0.494 e. The van der Waals surface area contributed by atoms with Gasteiger partial charge < -0.3 is 14.0 Å². The fourth-order valence-corrected chi connectivity index (χ4v) is 4.88. The van der Waals surface area contributed by atoms with E-state index in [1.54, 1.807) is 0 Å². The molecule has 0 radical (unpaired) electrons. The van der Waals surface area contributed by atoms with Crippen molar-refractivity contribution >= 4 is 12.6 Å². The second-order valence-corrected chi connectivity index (χ2v) is 10.9. The molecule has 1 saturated heterocycles. The summed E-state index contributed by atoms with van der Waals surface area (Å²) in [6, 6.07) is 35.6. The highest BCUT2D eigenvalue weighted by Crippen LogP contribution is 2.39. The molecule has 5 aromatic rings. The van der Waals surface area contributed by atoms with Crippen LogP contribution in [0.2, 0.25) is 0 Å². The van der Waals surface area contributed by atoms with E-state index in [4.69, 9.17) is 29.0 Å². The zero-order valence-corrected chi connectivity index (χ0v) is 23.7. The van der Waals surface area contributed by atoms with Gasteiger partial charge in [-0.25, -0.2) is 15.0 Å². The molecular weight excluding hydrogens is 509 g/mol. The van der Waals surface area contributed by atoms with Gasteiger partial charge in [-0.05, 0) is 69.1 Å². The summed E-state index contributed by atoms with van der Waals surface area (Å²) in [5.41, 5.74) is 3.02. The molecule has 1 unspecified atom stereocenters. The first-order valence-corrected chi connectivity index (χ1v) is 13.9.